The van der Waals surface area contributed by atoms with Crippen molar-refractivity contribution < 1.29 is 9.90 Å². The lowest BCUT2D eigenvalue weighted by molar-refractivity contribution is 0.0926. The minimum atomic E-state index is -0.232. The minimum Gasteiger partial charge on any atom is -0.396 e. The van der Waals surface area contributed by atoms with Crippen molar-refractivity contribution in [2.24, 2.45) is 0 Å². The van der Waals surface area contributed by atoms with Crippen LogP contribution in [0.3, 0.4) is 0 Å². The van der Waals surface area contributed by atoms with Gasteiger partial charge in [-0.3, -0.25) is 9.48 Å². The van der Waals surface area contributed by atoms with Gasteiger partial charge in [0.2, 0.25) is 0 Å². The zero-order valence-electron chi connectivity index (χ0n) is 16.7. The van der Waals surface area contributed by atoms with Crippen molar-refractivity contribution in [3.8, 4) is 17.3 Å². The Kier molecular flexibility index (Phi) is 7.21. The Morgan fingerprint density at radius 1 is 1.43 bits per heavy atom. The number of benzene rings is 1. The summed E-state index contributed by atoms with van der Waals surface area (Å²) in [5, 5.41) is 28.6. The summed E-state index contributed by atoms with van der Waals surface area (Å²) in [4.78, 5) is 16.7. The first kappa shape index (κ1) is 22.0. The standard InChI is InChI=1S/C21H22ClN5O2S/c1-3-15(24-21(29)18-12-30-19(25-18)7-9-28)11-27-8-6-17(26-27)16-5-4-14(10-23)20(22)13(16)2/h4-6,8,12,15,28H,3,7,9,11H2,1-2H3,(H,24,29)/t15-/m1/s1. The average Bonchev–Trinajstić information content (AvgIpc) is 3.39. The van der Waals surface area contributed by atoms with Crippen LogP contribution >= 0.6 is 22.9 Å². The Morgan fingerprint density at radius 2 is 2.23 bits per heavy atom. The van der Waals surface area contributed by atoms with Crippen LogP contribution in [-0.4, -0.2) is 38.4 Å². The second-order valence-corrected chi connectivity index (χ2v) is 8.13. The highest BCUT2D eigenvalue weighted by Crippen LogP contribution is 2.30. The van der Waals surface area contributed by atoms with E-state index in [1.54, 1.807) is 16.1 Å². The molecule has 0 bridgehead atoms. The van der Waals surface area contributed by atoms with Crippen LogP contribution in [0.4, 0.5) is 0 Å². The van der Waals surface area contributed by atoms with Crippen LogP contribution < -0.4 is 5.32 Å². The maximum atomic E-state index is 12.5. The number of nitrogens with zero attached hydrogens (tertiary/aromatic N) is 4. The van der Waals surface area contributed by atoms with Gasteiger partial charge < -0.3 is 10.4 Å². The summed E-state index contributed by atoms with van der Waals surface area (Å²) in [5.74, 6) is -0.232. The van der Waals surface area contributed by atoms with Gasteiger partial charge in [0.25, 0.3) is 5.91 Å². The number of hydrogen-bond donors (Lipinski definition) is 2. The molecule has 156 valence electrons. The van der Waals surface area contributed by atoms with E-state index in [0.29, 0.717) is 29.2 Å². The predicted molar refractivity (Wildman–Crippen MR) is 117 cm³/mol. The van der Waals surface area contributed by atoms with Crippen LogP contribution in [0.25, 0.3) is 11.3 Å². The van der Waals surface area contributed by atoms with Gasteiger partial charge in [-0.15, -0.1) is 11.3 Å². The molecule has 1 atom stereocenters. The van der Waals surface area contributed by atoms with Crippen LogP contribution in [0.2, 0.25) is 5.02 Å². The average molecular weight is 444 g/mol. The van der Waals surface area contributed by atoms with Crippen molar-refractivity contribution in [2.45, 2.75) is 39.3 Å². The van der Waals surface area contributed by atoms with Crippen molar-refractivity contribution in [1.82, 2.24) is 20.1 Å². The van der Waals surface area contributed by atoms with E-state index in [4.69, 9.17) is 22.0 Å². The van der Waals surface area contributed by atoms with E-state index in [1.807, 2.05) is 32.2 Å². The highest BCUT2D eigenvalue weighted by atomic mass is 35.5. The predicted octanol–water partition coefficient (Wildman–Crippen LogP) is 3.58. The van der Waals surface area contributed by atoms with Gasteiger partial charge in [0.15, 0.2) is 0 Å². The molecule has 0 radical (unpaired) electrons. The molecule has 1 aromatic carbocycles. The second-order valence-electron chi connectivity index (χ2n) is 6.81. The fraction of sp³-hybridized carbons (Fsp3) is 0.333. The van der Waals surface area contributed by atoms with Gasteiger partial charge in [0.05, 0.1) is 27.8 Å². The van der Waals surface area contributed by atoms with E-state index in [9.17, 15) is 4.79 Å². The molecule has 30 heavy (non-hydrogen) atoms. The second kappa shape index (κ2) is 9.85. The maximum Gasteiger partial charge on any atom is 0.271 e. The molecule has 9 heteroatoms. The number of nitrogens with one attached hydrogen (secondary N) is 1. The highest BCUT2D eigenvalue weighted by molar-refractivity contribution is 7.09. The molecule has 0 aliphatic rings. The van der Waals surface area contributed by atoms with Crippen molar-refractivity contribution in [2.75, 3.05) is 6.61 Å². The van der Waals surface area contributed by atoms with E-state index in [1.165, 1.54) is 11.3 Å². The number of halogens is 1. The summed E-state index contributed by atoms with van der Waals surface area (Å²) in [6.07, 6.45) is 3.04. The molecule has 0 saturated carbocycles. The summed E-state index contributed by atoms with van der Waals surface area (Å²) < 4.78 is 1.79. The normalized spacial score (nSPS) is 11.8. The summed E-state index contributed by atoms with van der Waals surface area (Å²) in [5.41, 5.74) is 3.24. The number of aliphatic hydroxyl groups is 1. The fourth-order valence-corrected chi connectivity index (χ4v) is 4.02. The first-order valence-electron chi connectivity index (χ1n) is 9.56. The highest BCUT2D eigenvalue weighted by Gasteiger charge is 2.17. The topological polar surface area (TPSA) is 104 Å². The SMILES string of the molecule is CC[C@H](Cn1ccc(-c2ccc(C#N)c(Cl)c2C)n1)NC(=O)c1csc(CCO)n1. The molecule has 0 saturated heterocycles. The van der Waals surface area contributed by atoms with E-state index < -0.39 is 0 Å². The molecular formula is C21H22ClN5O2S. The number of carbonyl (C=O) groups is 1. The van der Waals surface area contributed by atoms with Gasteiger partial charge in [-0.2, -0.15) is 10.4 Å². The summed E-state index contributed by atoms with van der Waals surface area (Å²) in [6, 6.07) is 7.39. The molecule has 2 aromatic heterocycles. The molecule has 3 aromatic rings. The minimum absolute atomic E-state index is 0.0116. The monoisotopic (exact) mass is 443 g/mol. The lowest BCUT2D eigenvalue weighted by Crippen LogP contribution is -2.37. The van der Waals surface area contributed by atoms with Crippen LogP contribution in [-0.2, 0) is 13.0 Å². The smallest absolute Gasteiger partial charge is 0.271 e. The first-order valence-corrected chi connectivity index (χ1v) is 10.8. The van der Waals surface area contributed by atoms with E-state index in [2.05, 4.69) is 21.5 Å². The van der Waals surface area contributed by atoms with E-state index >= 15 is 0 Å². The van der Waals surface area contributed by atoms with E-state index in [-0.39, 0.29) is 18.6 Å². The Labute approximate surface area is 183 Å². The lowest BCUT2D eigenvalue weighted by Gasteiger charge is -2.16. The Morgan fingerprint density at radius 3 is 2.93 bits per heavy atom. The molecular weight excluding hydrogens is 422 g/mol. The van der Waals surface area contributed by atoms with Crippen LogP contribution in [0, 0.1) is 18.3 Å². The number of hydrogen-bond acceptors (Lipinski definition) is 6. The van der Waals surface area contributed by atoms with Crippen molar-refractivity contribution in [3.63, 3.8) is 0 Å². The fourth-order valence-electron chi connectivity index (χ4n) is 3.04. The Bertz CT molecular complexity index is 1090. The maximum absolute atomic E-state index is 12.5. The zero-order chi connectivity index (χ0) is 21.7. The molecule has 2 N–H and O–H groups in total. The summed E-state index contributed by atoms with van der Waals surface area (Å²) in [6.45, 7) is 4.39. The van der Waals surface area contributed by atoms with Gasteiger partial charge in [-0.05, 0) is 31.0 Å². The van der Waals surface area contributed by atoms with E-state index in [0.717, 1.165) is 28.2 Å². The molecule has 0 fully saturated rings. The molecule has 0 unspecified atom stereocenters. The van der Waals surface area contributed by atoms with Crippen LogP contribution in [0.15, 0.2) is 29.8 Å². The molecule has 7 nitrogen and oxygen atoms in total. The molecule has 2 heterocycles. The molecule has 0 aliphatic heterocycles. The lowest BCUT2D eigenvalue weighted by atomic mass is 10.0. The number of thiazole rings is 1. The Hall–Kier alpha value is -2.73. The van der Waals surface area contributed by atoms with Crippen LogP contribution in [0.1, 0.15) is 40.0 Å². The van der Waals surface area contributed by atoms with Gasteiger partial charge in [-0.25, -0.2) is 4.98 Å². The van der Waals surface area contributed by atoms with Crippen molar-refractivity contribution in [1.29, 1.82) is 5.26 Å². The number of nitriles is 1. The number of amides is 1. The molecule has 0 spiro atoms. The molecule has 1 amide bonds. The van der Waals surface area contributed by atoms with Gasteiger partial charge in [0, 0.05) is 36.2 Å². The quantitative estimate of drug-likeness (QED) is 0.553. The molecule has 0 aliphatic carbocycles. The van der Waals surface area contributed by atoms with Gasteiger partial charge in [0.1, 0.15) is 11.8 Å². The zero-order valence-corrected chi connectivity index (χ0v) is 18.3. The van der Waals surface area contributed by atoms with Crippen molar-refractivity contribution >= 4 is 28.8 Å². The number of aliphatic hydroxyl groups excluding tert-OH is 1. The number of carbonyl (C=O) groups excluding carboxylic acids is 1. The van der Waals surface area contributed by atoms with Gasteiger partial charge in [-0.1, -0.05) is 24.6 Å². The number of aromatic nitrogens is 3. The largest absolute Gasteiger partial charge is 0.396 e. The third kappa shape index (κ3) is 4.87. The number of rotatable bonds is 8. The molecule has 3 rings (SSSR count). The Balaban J connectivity index is 1.70. The van der Waals surface area contributed by atoms with Crippen molar-refractivity contribution in [3.05, 3.63) is 56.6 Å². The first-order chi connectivity index (χ1) is 14.5. The summed E-state index contributed by atoms with van der Waals surface area (Å²) in [7, 11) is 0. The van der Waals surface area contributed by atoms with Gasteiger partial charge >= 0.3 is 0 Å². The third-order valence-corrected chi connectivity index (χ3v) is 6.16. The third-order valence-electron chi connectivity index (χ3n) is 4.77. The summed E-state index contributed by atoms with van der Waals surface area (Å²) >= 11 is 7.64. The van der Waals surface area contributed by atoms with Crippen LogP contribution in [0.5, 0.6) is 0 Å².